The van der Waals surface area contributed by atoms with Gasteiger partial charge >= 0.3 is 0 Å². The van der Waals surface area contributed by atoms with Crippen LogP contribution in [0.15, 0.2) is 42.5 Å². The quantitative estimate of drug-likeness (QED) is 0.859. The summed E-state index contributed by atoms with van der Waals surface area (Å²) in [6.07, 6.45) is 2.01. The predicted molar refractivity (Wildman–Crippen MR) is 89.1 cm³/mol. The summed E-state index contributed by atoms with van der Waals surface area (Å²) in [5, 5.41) is 12.4. The number of amides is 1. The Hall–Kier alpha value is -2.29. The van der Waals surface area contributed by atoms with Crippen LogP contribution < -0.4 is 5.32 Å². The molecule has 2 rings (SSSR count). The number of hydrogen-bond acceptors (Lipinski definition) is 2. The molecule has 0 unspecified atom stereocenters. The third-order valence-corrected chi connectivity index (χ3v) is 3.76. The highest BCUT2D eigenvalue weighted by atomic mass is 16.3. The van der Waals surface area contributed by atoms with Crippen molar-refractivity contribution in [3.05, 3.63) is 64.7 Å². The maximum atomic E-state index is 11.9. The molecular weight excluding hydrogens is 274 g/mol. The summed E-state index contributed by atoms with van der Waals surface area (Å²) >= 11 is 0. The van der Waals surface area contributed by atoms with Gasteiger partial charge in [0.1, 0.15) is 5.75 Å². The third kappa shape index (κ3) is 4.92. The van der Waals surface area contributed by atoms with Gasteiger partial charge in [0.05, 0.1) is 0 Å². The van der Waals surface area contributed by atoms with Crippen molar-refractivity contribution in [3.8, 4) is 5.75 Å². The second-order valence-electron chi connectivity index (χ2n) is 5.71. The first-order chi connectivity index (χ1) is 10.5. The molecule has 2 aromatic rings. The Labute approximate surface area is 132 Å². The maximum Gasteiger partial charge on any atom is 0.220 e. The van der Waals surface area contributed by atoms with Crippen molar-refractivity contribution in [2.75, 3.05) is 6.54 Å². The van der Waals surface area contributed by atoms with E-state index in [0.29, 0.717) is 25.1 Å². The second-order valence-corrected chi connectivity index (χ2v) is 5.71. The Morgan fingerprint density at radius 1 is 1.00 bits per heavy atom. The minimum Gasteiger partial charge on any atom is -0.508 e. The number of carbonyl (C=O) groups is 1. The van der Waals surface area contributed by atoms with Crippen LogP contribution in [-0.4, -0.2) is 17.6 Å². The van der Waals surface area contributed by atoms with Gasteiger partial charge in [0, 0.05) is 13.0 Å². The van der Waals surface area contributed by atoms with E-state index in [-0.39, 0.29) is 5.91 Å². The van der Waals surface area contributed by atoms with Crippen LogP contribution in [0.3, 0.4) is 0 Å². The van der Waals surface area contributed by atoms with Crippen molar-refractivity contribution in [2.45, 2.75) is 33.1 Å². The smallest absolute Gasteiger partial charge is 0.220 e. The van der Waals surface area contributed by atoms with E-state index in [1.54, 1.807) is 6.07 Å². The summed E-state index contributed by atoms with van der Waals surface area (Å²) < 4.78 is 0. The molecular formula is C19H23NO2. The highest BCUT2D eigenvalue weighted by molar-refractivity contribution is 5.76. The van der Waals surface area contributed by atoms with E-state index in [4.69, 9.17) is 0 Å². The number of rotatable bonds is 6. The van der Waals surface area contributed by atoms with Crippen molar-refractivity contribution in [3.63, 3.8) is 0 Å². The zero-order chi connectivity index (χ0) is 15.9. The van der Waals surface area contributed by atoms with E-state index in [0.717, 1.165) is 17.5 Å². The molecule has 0 spiro atoms. The summed E-state index contributed by atoms with van der Waals surface area (Å²) in [4.78, 5) is 11.9. The SMILES string of the molecule is Cc1ccc(CCNC(=O)CCc2ccc(O)c(C)c2)cc1. The Bertz CT molecular complexity index is 632. The Morgan fingerprint density at radius 2 is 1.68 bits per heavy atom. The molecule has 0 saturated heterocycles. The number of aromatic hydroxyl groups is 1. The molecule has 2 N–H and O–H groups in total. The van der Waals surface area contributed by atoms with Gasteiger partial charge in [-0.15, -0.1) is 0 Å². The molecule has 0 bridgehead atoms. The van der Waals surface area contributed by atoms with Gasteiger partial charge in [-0.05, 0) is 49.4 Å². The number of benzene rings is 2. The van der Waals surface area contributed by atoms with Gasteiger partial charge in [-0.25, -0.2) is 0 Å². The van der Waals surface area contributed by atoms with Crippen molar-refractivity contribution in [1.82, 2.24) is 5.32 Å². The Kier molecular flexibility index (Phi) is 5.59. The molecule has 1 amide bonds. The molecule has 22 heavy (non-hydrogen) atoms. The normalized spacial score (nSPS) is 10.5. The van der Waals surface area contributed by atoms with Crippen molar-refractivity contribution >= 4 is 5.91 Å². The van der Waals surface area contributed by atoms with Crippen molar-refractivity contribution in [1.29, 1.82) is 0 Å². The molecule has 0 fully saturated rings. The molecule has 0 radical (unpaired) electrons. The van der Waals surface area contributed by atoms with Gasteiger partial charge in [-0.1, -0.05) is 42.0 Å². The lowest BCUT2D eigenvalue weighted by Gasteiger charge is -2.07. The average molecular weight is 297 g/mol. The summed E-state index contributed by atoms with van der Waals surface area (Å²) in [6.45, 7) is 4.59. The first-order valence-corrected chi connectivity index (χ1v) is 7.65. The zero-order valence-electron chi connectivity index (χ0n) is 13.2. The molecule has 0 atom stereocenters. The Balaban J connectivity index is 1.71. The van der Waals surface area contributed by atoms with E-state index in [9.17, 15) is 9.90 Å². The lowest BCUT2D eigenvalue weighted by molar-refractivity contribution is -0.121. The molecule has 116 valence electrons. The lowest BCUT2D eigenvalue weighted by Crippen LogP contribution is -2.25. The number of carbonyl (C=O) groups excluding carboxylic acids is 1. The first kappa shape index (κ1) is 16.1. The van der Waals surface area contributed by atoms with Crippen LogP contribution in [0.5, 0.6) is 5.75 Å². The number of nitrogens with one attached hydrogen (secondary N) is 1. The summed E-state index contributed by atoms with van der Waals surface area (Å²) in [7, 11) is 0. The largest absolute Gasteiger partial charge is 0.508 e. The van der Waals surface area contributed by atoms with E-state index in [2.05, 4.69) is 36.5 Å². The molecule has 0 aliphatic rings. The summed E-state index contributed by atoms with van der Waals surface area (Å²) in [5.41, 5.74) is 4.40. The van der Waals surface area contributed by atoms with Crippen molar-refractivity contribution < 1.29 is 9.90 Å². The monoisotopic (exact) mass is 297 g/mol. The molecule has 3 heteroatoms. The van der Waals surface area contributed by atoms with Crippen LogP contribution in [0.1, 0.15) is 28.7 Å². The van der Waals surface area contributed by atoms with Gasteiger partial charge in [0.2, 0.25) is 5.91 Å². The minimum absolute atomic E-state index is 0.0674. The van der Waals surface area contributed by atoms with E-state index < -0.39 is 0 Å². The van der Waals surface area contributed by atoms with Crippen LogP contribution in [0.4, 0.5) is 0 Å². The van der Waals surface area contributed by atoms with Gasteiger partial charge in [0.25, 0.3) is 0 Å². The topological polar surface area (TPSA) is 49.3 Å². The van der Waals surface area contributed by atoms with Gasteiger partial charge in [-0.2, -0.15) is 0 Å². The van der Waals surface area contributed by atoms with Crippen molar-refractivity contribution in [2.24, 2.45) is 0 Å². The average Bonchev–Trinajstić information content (AvgIpc) is 2.50. The van der Waals surface area contributed by atoms with Gasteiger partial charge in [0.15, 0.2) is 0 Å². The minimum atomic E-state index is 0.0674. The second kappa shape index (κ2) is 7.64. The molecule has 2 aromatic carbocycles. The fraction of sp³-hybridized carbons (Fsp3) is 0.316. The fourth-order valence-corrected chi connectivity index (χ4v) is 2.32. The number of hydrogen-bond donors (Lipinski definition) is 2. The highest BCUT2D eigenvalue weighted by Crippen LogP contribution is 2.17. The lowest BCUT2D eigenvalue weighted by atomic mass is 10.1. The number of phenols is 1. The molecule has 3 nitrogen and oxygen atoms in total. The molecule has 0 saturated carbocycles. The van der Waals surface area contributed by atoms with Crippen LogP contribution >= 0.6 is 0 Å². The zero-order valence-corrected chi connectivity index (χ0v) is 13.2. The maximum absolute atomic E-state index is 11.9. The van der Waals surface area contributed by atoms with Crippen LogP contribution in [-0.2, 0) is 17.6 Å². The van der Waals surface area contributed by atoms with Crippen LogP contribution in [0.25, 0.3) is 0 Å². The van der Waals surface area contributed by atoms with Gasteiger partial charge in [-0.3, -0.25) is 4.79 Å². The van der Waals surface area contributed by atoms with Gasteiger partial charge < -0.3 is 10.4 Å². The van der Waals surface area contributed by atoms with E-state index in [1.807, 2.05) is 19.1 Å². The van der Waals surface area contributed by atoms with E-state index in [1.165, 1.54) is 11.1 Å². The Morgan fingerprint density at radius 3 is 2.36 bits per heavy atom. The standard InChI is InChI=1S/C19H23NO2/c1-14-3-5-16(6-4-14)11-12-20-19(22)10-8-17-7-9-18(21)15(2)13-17/h3-7,9,13,21H,8,10-12H2,1-2H3,(H,20,22). The number of phenolic OH excluding ortho intramolecular Hbond substituents is 1. The molecule has 0 heterocycles. The first-order valence-electron chi connectivity index (χ1n) is 7.65. The van der Waals surface area contributed by atoms with Crippen LogP contribution in [0.2, 0.25) is 0 Å². The molecule has 0 aliphatic heterocycles. The predicted octanol–water partition coefficient (Wildman–Crippen LogP) is 3.30. The molecule has 0 aromatic heterocycles. The highest BCUT2D eigenvalue weighted by Gasteiger charge is 2.04. The van der Waals surface area contributed by atoms with Crippen LogP contribution in [0, 0.1) is 13.8 Å². The van der Waals surface area contributed by atoms with E-state index >= 15 is 0 Å². The summed E-state index contributed by atoms with van der Waals surface area (Å²) in [6, 6.07) is 13.8. The molecule has 0 aliphatic carbocycles. The third-order valence-electron chi connectivity index (χ3n) is 3.76. The fourth-order valence-electron chi connectivity index (χ4n) is 2.32. The number of aryl methyl sites for hydroxylation is 3. The summed E-state index contributed by atoms with van der Waals surface area (Å²) in [5.74, 6) is 0.365.